The third kappa shape index (κ3) is 6.57. The second kappa shape index (κ2) is 8.28. The van der Waals surface area contributed by atoms with Crippen molar-refractivity contribution in [3.05, 3.63) is 0 Å². The molecule has 0 amide bonds. The molecule has 0 N–H and O–H groups in total. The van der Waals surface area contributed by atoms with Gasteiger partial charge in [0.05, 0.1) is 0 Å². The first-order chi connectivity index (χ1) is 5.35. The summed E-state index contributed by atoms with van der Waals surface area (Å²) in [5.41, 5.74) is 0. The Kier molecular flexibility index (Phi) is 8.41. The Bertz CT molecular complexity index is 68.0. The molecule has 1 atom stereocenters. The summed E-state index contributed by atoms with van der Waals surface area (Å²) in [6, 6.07) is 2.69. The Morgan fingerprint density at radius 2 is 1.82 bits per heavy atom. The minimum Gasteiger partial charge on any atom is -0.420 e. The van der Waals surface area contributed by atoms with Gasteiger partial charge in [-0.25, -0.2) is 0 Å². The summed E-state index contributed by atoms with van der Waals surface area (Å²) >= 11 is 0. The monoisotopic (exact) mass is 174 g/mol. The Morgan fingerprint density at radius 3 is 2.27 bits per heavy atom. The van der Waals surface area contributed by atoms with Crippen molar-refractivity contribution >= 4 is 9.04 Å². The van der Waals surface area contributed by atoms with Crippen molar-refractivity contribution in [2.24, 2.45) is 0 Å². The van der Waals surface area contributed by atoms with Gasteiger partial charge in [-0.1, -0.05) is 33.6 Å². The zero-order valence-electron chi connectivity index (χ0n) is 8.23. The second-order valence-electron chi connectivity index (χ2n) is 3.04. The van der Waals surface area contributed by atoms with Crippen LogP contribution in [0.3, 0.4) is 0 Å². The molecule has 68 valence electrons. The van der Waals surface area contributed by atoms with Gasteiger partial charge >= 0.3 is 0 Å². The second-order valence-corrected chi connectivity index (χ2v) is 6.01. The summed E-state index contributed by atoms with van der Waals surface area (Å²) in [6.07, 6.45) is 3.86. The van der Waals surface area contributed by atoms with E-state index >= 15 is 0 Å². The third-order valence-electron chi connectivity index (χ3n) is 1.89. The number of hydrogen-bond donors (Lipinski definition) is 0. The van der Waals surface area contributed by atoms with Crippen LogP contribution in [0.2, 0.25) is 12.1 Å². The summed E-state index contributed by atoms with van der Waals surface area (Å²) in [5.74, 6) is 0. The molecule has 0 aromatic heterocycles. The van der Waals surface area contributed by atoms with E-state index in [2.05, 4.69) is 20.8 Å². The molecular formula is C9H22OSi. The average molecular weight is 174 g/mol. The van der Waals surface area contributed by atoms with Crippen molar-refractivity contribution in [3.63, 3.8) is 0 Å². The SMILES string of the molecule is CCCC[SiH](CC)OCCC. The van der Waals surface area contributed by atoms with Crippen LogP contribution in [0, 0.1) is 0 Å². The van der Waals surface area contributed by atoms with E-state index in [1.165, 1.54) is 31.4 Å². The van der Waals surface area contributed by atoms with Crippen LogP contribution in [0.5, 0.6) is 0 Å². The predicted octanol–water partition coefficient (Wildman–Crippen LogP) is 2.96. The van der Waals surface area contributed by atoms with Gasteiger partial charge in [-0.2, -0.15) is 0 Å². The van der Waals surface area contributed by atoms with Gasteiger partial charge in [-0.15, -0.1) is 0 Å². The van der Waals surface area contributed by atoms with Crippen LogP contribution in [0.25, 0.3) is 0 Å². The van der Waals surface area contributed by atoms with E-state index in [9.17, 15) is 0 Å². The highest BCUT2D eigenvalue weighted by atomic mass is 28.3. The molecule has 0 aliphatic carbocycles. The molecule has 0 saturated carbocycles. The van der Waals surface area contributed by atoms with Crippen molar-refractivity contribution in [1.29, 1.82) is 0 Å². The fraction of sp³-hybridized carbons (Fsp3) is 1.00. The van der Waals surface area contributed by atoms with Crippen LogP contribution < -0.4 is 0 Å². The maximum atomic E-state index is 5.78. The van der Waals surface area contributed by atoms with Crippen molar-refractivity contribution in [1.82, 2.24) is 0 Å². The molecule has 0 aromatic rings. The van der Waals surface area contributed by atoms with Gasteiger partial charge in [-0.3, -0.25) is 0 Å². The molecule has 0 bridgehead atoms. The Morgan fingerprint density at radius 1 is 1.09 bits per heavy atom. The average Bonchev–Trinajstić information content (AvgIpc) is 2.05. The fourth-order valence-corrected chi connectivity index (χ4v) is 3.36. The van der Waals surface area contributed by atoms with E-state index in [-0.39, 0.29) is 0 Å². The molecule has 2 heteroatoms. The van der Waals surface area contributed by atoms with Gasteiger partial charge in [0.15, 0.2) is 9.04 Å². The molecule has 0 aromatic carbocycles. The zero-order valence-corrected chi connectivity index (χ0v) is 9.38. The maximum absolute atomic E-state index is 5.78. The summed E-state index contributed by atoms with van der Waals surface area (Å²) in [5, 5.41) is 0. The standard InChI is InChI=1S/C9H22OSi/c1-4-7-9-11(6-3)10-8-5-2/h11H,4-9H2,1-3H3. The molecule has 0 rings (SSSR count). The molecule has 0 fully saturated rings. The highest BCUT2D eigenvalue weighted by Crippen LogP contribution is 2.06. The van der Waals surface area contributed by atoms with Gasteiger partial charge in [0.1, 0.15) is 0 Å². The predicted molar refractivity (Wildman–Crippen MR) is 53.6 cm³/mol. The number of hydrogen-bond acceptors (Lipinski definition) is 1. The minimum absolute atomic E-state index is 0.748. The first-order valence-corrected chi connectivity index (χ1v) is 7.07. The minimum atomic E-state index is -0.748. The van der Waals surface area contributed by atoms with Crippen LogP contribution in [0.4, 0.5) is 0 Å². The largest absolute Gasteiger partial charge is 0.420 e. The van der Waals surface area contributed by atoms with Crippen LogP contribution in [-0.4, -0.2) is 15.6 Å². The van der Waals surface area contributed by atoms with Gasteiger partial charge in [0.2, 0.25) is 0 Å². The highest BCUT2D eigenvalue weighted by Gasteiger charge is 2.06. The summed E-state index contributed by atoms with van der Waals surface area (Å²) in [7, 11) is -0.748. The van der Waals surface area contributed by atoms with Crippen molar-refractivity contribution in [2.75, 3.05) is 6.61 Å². The normalized spacial score (nSPS) is 13.4. The van der Waals surface area contributed by atoms with E-state index in [4.69, 9.17) is 4.43 Å². The molecule has 1 unspecified atom stereocenters. The van der Waals surface area contributed by atoms with Crippen LogP contribution in [0.1, 0.15) is 40.0 Å². The summed E-state index contributed by atoms with van der Waals surface area (Å²) in [4.78, 5) is 0. The molecule has 0 heterocycles. The highest BCUT2D eigenvalue weighted by molar-refractivity contribution is 6.51. The lowest BCUT2D eigenvalue weighted by molar-refractivity contribution is 0.317. The van der Waals surface area contributed by atoms with E-state index in [1.54, 1.807) is 0 Å². The maximum Gasteiger partial charge on any atom is 0.176 e. The van der Waals surface area contributed by atoms with E-state index in [0.717, 1.165) is 6.61 Å². The lowest BCUT2D eigenvalue weighted by atomic mass is 10.4. The Balaban J connectivity index is 3.25. The molecule has 0 spiro atoms. The third-order valence-corrected chi connectivity index (χ3v) is 4.56. The summed E-state index contributed by atoms with van der Waals surface area (Å²) < 4.78 is 5.78. The number of unbranched alkanes of at least 4 members (excludes halogenated alkanes) is 1. The van der Waals surface area contributed by atoms with Crippen LogP contribution >= 0.6 is 0 Å². The molecular weight excluding hydrogens is 152 g/mol. The molecule has 1 nitrogen and oxygen atoms in total. The first-order valence-electron chi connectivity index (χ1n) is 4.96. The molecule has 0 aliphatic rings. The van der Waals surface area contributed by atoms with Crippen molar-refractivity contribution in [3.8, 4) is 0 Å². The molecule has 0 saturated heterocycles. The van der Waals surface area contributed by atoms with Crippen LogP contribution in [-0.2, 0) is 4.43 Å². The molecule has 0 radical (unpaired) electrons. The topological polar surface area (TPSA) is 9.23 Å². The lowest BCUT2D eigenvalue weighted by Gasteiger charge is -2.12. The van der Waals surface area contributed by atoms with Gasteiger partial charge in [0.25, 0.3) is 0 Å². The lowest BCUT2D eigenvalue weighted by Crippen LogP contribution is -2.16. The first kappa shape index (κ1) is 11.2. The number of rotatable bonds is 7. The Labute approximate surface area is 72.9 Å². The quantitative estimate of drug-likeness (QED) is 0.539. The summed E-state index contributed by atoms with van der Waals surface area (Å²) in [6.45, 7) is 7.69. The molecule has 11 heavy (non-hydrogen) atoms. The van der Waals surface area contributed by atoms with E-state index < -0.39 is 9.04 Å². The van der Waals surface area contributed by atoms with E-state index in [1.807, 2.05) is 0 Å². The van der Waals surface area contributed by atoms with Crippen molar-refractivity contribution < 1.29 is 4.43 Å². The zero-order chi connectivity index (χ0) is 8.53. The van der Waals surface area contributed by atoms with Crippen molar-refractivity contribution in [2.45, 2.75) is 52.1 Å². The van der Waals surface area contributed by atoms with Gasteiger partial charge in [0, 0.05) is 6.61 Å². The van der Waals surface area contributed by atoms with Gasteiger partial charge in [-0.05, 0) is 18.5 Å². The smallest absolute Gasteiger partial charge is 0.176 e. The van der Waals surface area contributed by atoms with Gasteiger partial charge < -0.3 is 4.43 Å². The van der Waals surface area contributed by atoms with E-state index in [0.29, 0.717) is 0 Å². The van der Waals surface area contributed by atoms with Crippen LogP contribution in [0.15, 0.2) is 0 Å². The molecule has 0 aliphatic heterocycles. The fourth-order valence-electron chi connectivity index (χ4n) is 1.12. The Hall–Kier alpha value is 0.177.